The molecule has 1 fully saturated rings. The van der Waals surface area contributed by atoms with Gasteiger partial charge in [-0.15, -0.1) is 0 Å². The summed E-state index contributed by atoms with van der Waals surface area (Å²) in [4.78, 5) is 27.5. The molecule has 9 heteroatoms. The minimum absolute atomic E-state index is 0.146. The van der Waals surface area contributed by atoms with Crippen LogP contribution in [-0.2, 0) is 4.79 Å². The van der Waals surface area contributed by atoms with Crippen LogP contribution in [0, 0.1) is 0 Å². The maximum Gasteiger partial charge on any atom is 0.389 e. The fourth-order valence-electron chi connectivity index (χ4n) is 2.68. The molecule has 0 bridgehead atoms. The summed E-state index contributed by atoms with van der Waals surface area (Å²) in [6, 6.07) is 1.80. The maximum atomic E-state index is 12.5. The van der Waals surface area contributed by atoms with Gasteiger partial charge in [0.15, 0.2) is 0 Å². The Bertz CT molecular complexity index is 613. The lowest BCUT2D eigenvalue weighted by molar-refractivity contribution is -0.149. The van der Waals surface area contributed by atoms with Gasteiger partial charge in [-0.2, -0.15) is 18.3 Å². The average molecular weight is 360 g/mol. The quantitative estimate of drug-likeness (QED) is 0.829. The lowest BCUT2D eigenvalue weighted by atomic mass is 10.2. The molecule has 0 N–H and O–H groups in total. The number of nitrogens with zero attached hydrogens (tertiary/aromatic N) is 4. The SMILES string of the molecule is CC(C)n1ccc(C(=O)N2CCCN(C(=O)CCC(F)(F)F)CC2)n1. The largest absolute Gasteiger partial charge is 0.389 e. The van der Waals surface area contributed by atoms with E-state index in [1.54, 1.807) is 21.8 Å². The normalized spacial score (nSPS) is 16.2. The van der Waals surface area contributed by atoms with Gasteiger partial charge in [0.1, 0.15) is 5.69 Å². The zero-order valence-corrected chi connectivity index (χ0v) is 14.4. The highest BCUT2D eigenvalue weighted by atomic mass is 19.4. The van der Waals surface area contributed by atoms with Crippen molar-refractivity contribution in [3.63, 3.8) is 0 Å². The number of alkyl halides is 3. The second-order valence-corrected chi connectivity index (χ2v) is 6.42. The van der Waals surface area contributed by atoms with E-state index in [9.17, 15) is 22.8 Å². The maximum absolute atomic E-state index is 12.5. The Morgan fingerprint density at radius 2 is 1.80 bits per heavy atom. The molecule has 0 aromatic carbocycles. The number of halogens is 3. The monoisotopic (exact) mass is 360 g/mol. The van der Waals surface area contributed by atoms with Gasteiger partial charge in [0.05, 0.1) is 6.42 Å². The molecule has 0 spiro atoms. The summed E-state index contributed by atoms with van der Waals surface area (Å²) in [6.07, 6.45) is -3.72. The van der Waals surface area contributed by atoms with Crippen molar-refractivity contribution in [3.8, 4) is 0 Å². The lowest BCUT2D eigenvalue weighted by Gasteiger charge is -2.22. The van der Waals surface area contributed by atoms with Crippen molar-refractivity contribution < 1.29 is 22.8 Å². The van der Waals surface area contributed by atoms with Crippen LogP contribution in [0.5, 0.6) is 0 Å². The van der Waals surface area contributed by atoms with Crippen LogP contribution in [0.1, 0.15) is 49.6 Å². The molecule has 6 nitrogen and oxygen atoms in total. The highest BCUT2D eigenvalue weighted by Crippen LogP contribution is 2.22. The van der Waals surface area contributed by atoms with Gasteiger partial charge in [0.25, 0.3) is 5.91 Å². The molecule has 2 heterocycles. The zero-order valence-electron chi connectivity index (χ0n) is 14.4. The number of carbonyl (C=O) groups is 2. The van der Waals surface area contributed by atoms with Gasteiger partial charge in [-0.25, -0.2) is 0 Å². The van der Waals surface area contributed by atoms with Crippen molar-refractivity contribution in [3.05, 3.63) is 18.0 Å². The number of hydrogen-bond donors (Lipinski definition) is 0. The Kier molecular flexibility index (Phi) is 6.07. The minimum atomic E-state index is -4.33. The summed E-state index contributed by atoms with van der Waals surface area (Å²) in [5, 5.41) is 4.25. The molecule has 0 aliphatic carbocycles. The Hall–Kier alpha value is -2.06. The van der Waals surface area contributed by atoms with Crippen LogP contribution >= 0.6 is 0 Å². The zero-order chi connectivity index (χ0) is 18.6. The van der Waals surface area contributed by atoms with Gasteiger partial charge in [-0.05, 0) is 26.3 Å². The molecule has 25 heavy (non-hydrogen) atoms. The molecular weight excluding hydrogens is 337 g/mol. The van der Waals surface area contributed by atoms with Crippen molar-refractivity contribution in [2.24, 2.45) is 0 Å². The van der Waals surface area contributed by atoms with Gasteiger partial charge in [-0.3, -0.25) is 14.3 Å². The van der Waals surface area contributed by atoms with Crippen LogP contribution in [0.2, 0.25) is 0 Å². The van der Waals surface area contributed by atoms with E-state index in [-0.39, 0.29) is 18.5 Å². The van der Waals surface area contributed by atoms with Crippen molar-refractivity contribution in [2.75, 3.05) is 26.2 Å². The number of amides is 2. The van der Waals surface area contributed by atoms with E-state index in [1.165, 1.54) is 4.90 Å². The lowest BCUT2D eigenvalue weighted by Crippen LogP contribution is -2.37. The van der Waals surface area contributed by atoms with Gasteiger partial charge >= 0.3 is 6.18 Å². The minimum Gasteiger partial charge on any atom is -0.341 e. The summed E-state index contributed by atoms with van der Waals surface area (Å²) >= 11 is 0. The summed E-state index contributed by atoms with van der Waals surface area (Å²) < 4.78 is 38.4. The van der Waals surface area contributed by atoms with Crippen molar-refractivity contribution in [1.29, 1.82) is 0 Å². The molecule has 1 aromatic rings. The fourth-order valence-corrected chi connectivity index (χ4v) is 2.68. The number of rotatable bonds is 4. The topological polar surface area (TPSA) is 58.4 Å². The van der Waals surface area contributed by atoms with Crippen molar-refractivity contribution in [1.82, 2.24) is 19.6 Å². The Labute approximate surface area is 144 Å². The molecule has 2 rings (SSSR count). The van der Waals surface area contributed by atoms with Crippen molar-refractivity contribution >= 4 is 11.8 Å². The molecule has 1 saturated heterocycles. The van der Waals surface area contributed by atoms with Gasteiger partial charge in [-0.1, -0.05) is 0 Å². The van der Waals surface area contributed by atoms with Crippen LogP contribution in [-0.4, -0.2) is 63.7 Å². The molecule has 1 aromatic heterocycles. The molecule has 0 atom stereocenters. The van der Waals surface area contributed by atoms with E-state index < -0.39 is 24.9 Å². The summed E-state index contributed by atoms with van der Waals surface area (Å²) in [6.45, 7) is 5.27. The second-order valence-electron chi connectivity index (χ2n) is 6.42. The third-order valence-corrected chi connectivity index (χ3v) is 4.11. The van der Waals surface area contributed by atoms with E-state index in [4.69, 9.17) is 0 Å². The number of hydrogen-bond acceptors (Lipinski definition) is 3. The smallest absolute Gasteiger partial charge is 0.341 e. The van der Waals surface area contributed by atoms with E-state index in [0.717, 1.165) is 0 Å². The van der Waals surface area contributed by atoms with E-state index in [0.29, 0.717) is 31.7 Å². The molecule has 1 aliphatic rings. The molecule has 0 radical (unpaired) electrons. The first-order chi connectivity index (χ1) is 11.7. The third kappa shape index (κ3) is 5.47. The van der Waals surface area contributed by atoms with Crippen LogP contribution in [0.25, 0.3) is 0 Å². The molecule has 2 amide bonds. The number of aromatic nitrogens is 2. The van der Waals surface area contributed by atoms with E-state index >= 15 is 0 Å². The molecule has 1 aliphatic heterocycles. The predicted molar refractivity (Wildman–Crippen MR) is 85.0 cm³/mol. The van der Waals surface area contributed by atoms with Crippen LogP contribution in [0.3, 0.4) is 0 Å². The second kappa shape index (κ2) is 7.88. The van der Waals surface area contributed by atoms with E-state index in [2.05, 4.69) is 5.10 Å². The first-order valence-corrected chi connectivity index (χ1v) is 8.36. The molecule has 0 unspecified atom stereocenters. The Morgan fingerprint density at radius 3 is 2.40 bits per heavy atom. The molecular formula is C16H23F3N4O2. The average Bonchev–Trinajstić information content (AvgIpc) is 2.90. The predicted octanol–water partition coefficient (Wildman–Crippen LogP) is 2.48. The highest BCUT2D eigenvalue weighted by Gasteiger charge is 2.30. The number of carbonyl (C=O) groups excluding carboxylic acids is 2. The summed E-state index contributed by atoms with van der Waals surface area (Å²) in [5.74, 6) is -0.736. The van der Waals surface area contributed by atoms with Crippen LogP contribution in [0.15, 0.2) is 12.3 Å². The summed E-state index contributed by atoms with van der Waals surface area (Å²) in [5.41, 5.74) is 0.338. The summed E-state index contributed by atoms with van der Waals surface area (Å²) in [7, 11) is 0. The standard InChI is InChI=1S/C16H23F3N4O2/c1-12(2)23-9-5-13(20-23)15(25)22-8-3-7-21(10-11-22)14(24)4-6-16(17,18)19/h5,9,12H,3-4,6-8,10-11H2,1-2H3. The first-order valence-electron chi connectivity index (χ1n) is 8.36. The molecule has 140 valence electrons. The van der Waals surface area contributed by atoms with Crippen molar-refractivity contribution in [2.45, 2.75) is 45.3 Å². The fraction of sp³-hybridized carbons (Fsp3) is 0.688. The Morgan fingerprint density at radius 1 is 1.16 bits per heavy atom. The first kappa shape index (κ1) is 19.3. The van der Waals surface area contributed by atoms with Gasteiger partial charge in [0.2, 0.25) is 5.91 Å². The van der Waals surface area contributed by atoms with Gasteiger partial charge in [0, 0.05) is 44.8 Å². The van der Waals surface area contributed by atoms with Gasteiger partial charge < -0.3 is 9.80 Å². The highest BCUT2D eigenvalue weighted by molar-refractivity contribution is 5.92. The molecule has 0 saturated carbocycles. The van der Waals surface area contributed by atoms with Crippen LogP contribution < -0.4 is 0 Å². The Balaban J connectivity index is 1.91. The third-order valence-electron chi connectivity index (χ3n) is 4.11. The van der Waals surface area contributed by atoms with E-state index in [1.807, 2.05) is 13.8 Å². The van der Waals surface area contributed by atoms with Crippen LogP contribution in [0.4, 0.5) is 13.2 Å².